The number of Topliss-reactive ketones (excluding diaryl/α,β-unsaturated/α-hetero) is 1. The summed E-state index contributed by atoms with van der Waals surface area (Å²) in [5.41, 5.74) is 1.60. The molecule has 1 aromatic rings. The van der Waals surface area contributed by atoms with E-state index < -0.39 is 0 Å². The highest BCUT2D eigenvalue weighted by atomic mass is 16.5. The Morgan fingerprint density at radius 2 is 2.28 bits per heavy atom. The molecule has 0 saturated carbocycles. The van der Waals surface area contributed by atoms with Crippen LogP contribution in [0.3, 0.4) is 0 Å². The zero-order valence-electron chi connectivity index (χ0n) is 11.1. The lowest BCUT2D eigenvalue weighted by molar-refractivity contribution is 0.0531. The minimum atomic E-state index is 0.0293. The minimum absolute atomic E-state index is 0.0293. The Balaban J connectivity index is 2.40. The van der Waals surface area contributed by atoms with Gasteiger partial charge >= 0.3 is 0 Å². The van der Waals surface area contributed by atoms with Crippen LogP contribution in [0.4, 0.5) is 5.69 Å². The number of hydrogen-bond donors (Lipinski definition) is 0. The maximum absolute atomic E-state index is 11.8. The fraction of sp³-hybridized carbons (Fsp3) is 0.500. The molecule has 0 bridgehead atoms. The van der Waals surface area contributed by atoms with Crippen LogP contribution in [0.15, 0.2) is 18.2 Å². The fourth-order valence-electron chi connectivity index (χ4n) is 2.34. The zero-order chi connectivity index (χ0) is 13.1. The Hall–Kier alpha value is -1.55. The second kappa shape index (κ2) is 5.40. The number of anilines is 1. The van der Waals surface area contributed by atoms with Crippen LogP contribution in [0, 0.1) is 0 Å². The number of methoxy groups -OCH3 is 1. The maximum atomic E-state index is 11.8. The van der Waals surface area contributed by atoms with Crippen LogP contribution in [0.25, 0.3) is 0 Å². The zero-order valence-corrected chi connectivity index (χ0v) is 11.1. The third-order valence-corrected chi connectivity index (χ3v) is 3.16. The summed E-state index contributed by atoms with van der Waals surface area (Å²) < 4.78 is 10.8. The Kier molecular flexibility index (Phi) is 3.87. The van der Waals surface area contributed by atoms with Crippen LogP contribution in [-0.4, -0.2) is 38.7 Å². The lowest BCUT2D eigenvalue weighted by atomic mass is 10.1. The molecule has 1 unspecified atom stereocenters. The van der Waals surface area contributed by atoms with Crippen molar-refractivity contribution in [2.75, 3.05) is 31.7 Å². The average Bonchev–Trinajstić information content (AvgIpc) is 2.37. The number of carbonyl (C=O) groups is 1. The number of ether oxygens (including phenoxy) is 2. The lowest BCUT2D eigenvalue weighted by Crippen LogP contribution is -2.41. The number of carbonyl (C=O) groups excluding carboxylic acids is 1. The summed E-state index contributed by atoms with van der Waals surface area (Å²) in [5, 5.41) is 0. The van der Waals surface area contributed by atoms with Crippen molar-refractivity contribution in [2.45, 2.75) is 20.0 Å². The Morgan fingerprint density at radius 1 is 1.50 bits per heavy atom. The molecule has 0 aliphatic carbocycles. The number of benzene rings is 1. The van der Waals surface area contributed by atoms with Gasteiger partial charge in [-0.3, -0.25) is 4.79 Å². The first kappa shape index (κ1) is 12.9. The standard InChI is InChI=1S/C14H19NO3/c1-10-9-15(7-8-18-10)12-5-4-6-13(17-3)14(12)11(2)16/h4-6,10H,7-9H2,1-3H3. The third kappa shape index (κ3) is 2.48. The van der Waals surface area contributed by atoms with E-state index in [0.29, 0.717) is 17.9 Å². The number of morpholine rings is 1. The van der Waals surface area contributed by atoms with E-state index in [1.165, 1.54) is 0 Å². The molecule has 98 valence electrons. The topological polar surface area (TPSA) is 38.8 Å². The molecule has 18 heavy (non-hydrogen) atoms. The van der Waals surface area contributed by atoms with Gasteiger partial charge < -0.3 is 14.4 Å². The molecule has 1 atom stereocenters. The Morgan fingerprint density at radius 3 is 2.89 bits per heavy atom. The minimum Gasteiger partial charge on any atom is -0.496 e. The molecular formula is C14H19NO3. The first-order valence-electron chi connectivity index (χ1n) is 6.18. The number of ketones is 1. The Labute approximate surface area is 107 Å². The van der Waals surface area contributed by atoms with Gasteiger partial charge in [0, 0.05) is 13.1 Å². The quantitative estimate of drug-likeness (QED) is 0.769. The van der Waals surface area contributed by atoms with Crippen molar-refractivity contribution in [3.8, 4) is 5.75 Å². The van der Waals surface area contributed by atoms with Crippen molar-refractivity contribution in [3.63, 3.8) is 0 Å². The van der Waals surface area contributed by atoms with Crippen molar-refractivity contribution in [2.24, 2.45) is 0 Å². The normalized spacial score (nSPS) is 19.7. The van der Waals surface area contributed by atoms with Crippen molar-refractivity contribution in [3.05, 3.63) is 23.8 Å². The van der Waals surface area contributed by atoms with Crippen molar-refractivity contribution in [1.82, 2.24) is 0 Å². The number of hydrogen-bond acceptors (Lipinski definition) is 4. The van der Waals surface area contributed by atoms with E-state index in [4.69, 9.17) is 9.47 Å². The van der Waals surface area contributed by atoms with E-state index in [2.05, 4.69) is 4.90 Å². The van der Waals surface area contributed by atoms with Gasteiger partial charge in [0.2, 0.25) is 0 Å². The molecule has 0 amide bonds. The second-order valence-electron chi connectivity index (χ2n) is 4.54. The van der Waals surface area contributed by atoms with Gasteiger partial charge in [0.25, 0.3) is 0 Å². The van der Waals surface area contributed by atoms with Crippen LogP contribution in [0.1, 0.15) is 24.2 Å². The molecule has 4 nitrogen and oxygen atoms in total. The molecule has 1 fully saturated rings. The van der Waals surface area contributed by atoms with Gasteiger partial charge in [0.15, 0.2) is 5.78 Å². The van der Waals surface area contributed by atoms with Gasteiger partial charge in [-0.05, 0) is 26.0 Å². The predicted molar refractivity (Wildman–Crippen MR) is 70.6 cm³/mol. The molecule has 0 N–H and O–H groups in total. The second-order valence-corrected chi connectivity index (χ2v) is 4.54. The molecule has 1 aromatic carbocycles. The van der Waals surface area contributed by atoms with Crippen molar-refractivity contribution in [1.29, 1.82) is 0 Å². The lowest BCUT2D eigenvalue weighted by Gasteiger charge is -2.34. The largest absolute Gasteiger partial charge is 0.496 e. The molecule has 4 heteroatoms. The first-order valence-corrected chi connectivity index (χ1v) is 6.18. The average molecular weight is 249 g/mol. The Bertz CT molecular complexity index is 445. The highest BCUT2D eigenvalue weighted by Crippen LogP contribution is 2.30. The van der Waals surface area contributed by atoms with Crippen molar-refractivity contribution < 1.29 is 14.3 Å². The van der Waals surface area contributed by atoms with Gasteiger partial charge in [-0.25, -0.2) is 0 Å². The van der Waals surface area contributed by atoms with E-state index in [9.17, 15) is 4.79 Å². The highest BCUT2D eigenvalue weighted by Gasteiger charge is 2.22. The van der Waals surface area contributed by atoms with Gasteiger partial charge in [0.05, 0.1) is 31.1 Å². The van der Waals surface area contributed by atoms with Gasteiger partial charge in [-0.2, -0.15) is 0 Å². The van der Waals surface area contributed by atoms with E-state index in [0.717, 1.165) is 18.8 Å². The molecule has 0 aromatic heterocycles. The summed E-state index contributed by atoms with van der Waals surface area (Å²) in [5.74, 6) is 0.667. The van der Waals surface area contributed by atoms with Crippen LogP contribution in [-0.2, 0) is 4.74 Å². The van der Waals surface area contributed by atoms with Gasteiger partial charge in [-0.1, -0.05) is 6.07 Å². The van der Waals surface area contributed by atoms with E-state index in [1.54, 1.807) is 14.0 Å². The van der Waals surface area contributed by atoms with Gasteiger partial charge in [-0.15, -0.1) is 0 Å². The summed E-state index contributed by atoms with van der Waals surface area (Å²) in [6, 6.07) is 5.71. The molecule has 0 radical (unpaired) electrons. The summed E-state index contributed by atoms with van der Waals surface area (Å²) >= 11 is 0. The number of nitrogens with zero attached hydrogens (tertiary/aromatic N) is 1. The summed E-state index contributed by atoms with van der Waals surface area (Å²) in [6.45, 7) is 5.91. The SMILES string of the molecule is COc1cccc(N2CCOC(C)C2)c1C(C)=O. The first-order chi connectivity index (χ1) is 8.63. The molecule has 2 rings (SSSR count). The maximum Gasteiger partial charge on any atom is 0.165 e. The van der Waals surface area contributed by atoms with Crippen LogP contribution < -0.4 is 9.64 Å². The molecular weight excluding hydrogens is 230 g/mol. The molecule has 1 saturated heterocycles. The molecule has 1 aliphatic rings. The van der Waals surface area contributed by atoms with E-state index >= 15 is 0 Å². The fourth-order valence-corrected chi connectivity index (χ4v) is 2.34. The molecule has 0 spiro atoms. The molecule has 1 aliphatic heterocycles. The van der Waals surface area contributed by atoms with Gasteiger partial charge in [0.1, 0.15) is 5.75 Å². The van der Waals surface area contributed by atoms with Crippen LogP contribution in [0.2, 0.25) is 0 Å². The van der Waals surface area contributed by atoms with E-state index in [-0.39, 0.29) is 11.9 Å². The molecule has 1 heterocycles. The van der Waals surface area contributed by atoms with Crippen LogP contribution in [0.5, 0.6) is 5.75 Å². The third-order valence-electron chi connectivity index (χ3n) is 3.16. The van der Waals surface area contributed by atoms with E-state index in [1.807, 2.05) is 25.1 Å². The monoisotopic (exact) mass is 249 g/mol. The number of rotatable bonds is 3. The summed E-state index contributed by atoms with van der Waals surface area (Å²) in [6.07, 6.45) is 0.185. The smallest absolute Gasteiger partial charge is 0.165 e. The summed E-state index contributed by atoms with van der Waals surface area (Å²) in [4.78, 5) is 14.0. The predicted octanol–water partition coefficient (Wildman–Crippen LogP) is 2.12. The summed E-state index contributed by atoms with van der Waals surface area (Å²) in [7, 11) is 1.59. The van der Waals surface area contributed by atoms with Crippen LogP contribution >= 0.6 is 0 Å². The highest BCUT2D eigenvalue weighted by molar-refractivity contribution is 6.02. The van der Waals surface area contributed by atoms with Crippen molar-refractivity contribution >= 4 is 11.5 Å².